The Kier molecular flexibility index (Phi) is 6.73. The lowest BCUT2D eigenvalue weighted by molar-refractivity contribution is 0.461. The third kappa shape index (κ3) is 4.93. The first-order valence-corrected chi connectivity index (χ1v) is 10.6. The summed E-state index contributed by atoms with van der Waals surface area (Å²) in [7, 11) is -3.67. The number of nitrogens with two attached hydrogens (primary N) is 2. The van der Waals surface area contributed by atoms with E-state index in [1.54, 1.807) is 24.3 Å². The summed E-state index contributed by atoms with van der Waals surface area (Å²) in [5.41, 5.74) is 13.0. The third-order valence-electron chi connectivity index (χ3n) is 4.54. The van der Waals surface area contributed by atoms with E-state index in [1.165, 1.54) is 12.1 Å². The van der Waals surface area contributed by atoms with Crippen LogP contribution in [0.25, 0.3) is 0 Å². The van der Waals surface area contributed by atoms with Gasteiger partial charge in [0.05, 0.1) is 10.6 Å². The van der Waals surface area contributed by atoms with Gasteiger partial charge in [0.2, 0.25) is 0 Å². The van der Waals surface area contributed by atoms with Crippen molar-refractivity contribution in [2.45, 2.75) is 37.5 Å². The Morgan fingerprint density at radius 1 is 1.07 bits per heavy atom. The van der Waals surface area contributed by atoms with E-state index in [1.807, 2.05) is 26.8 Å². The van der Waals surface area contributed by atoms with Gasteiger partial charge in [-0.1, -0.05) is 32.9 Å². The first-order chi connectivity index (χ1) is 12.7. The maximum Gasteiger partial charge on any atom is 0.199 e. The van der Waals surface area contributed by atoms with Crippen LogP contribution in [0.5, 0.6) is 5.75 Å². The van der Waals surface area contributed by atoms with Crippen molar-refractivity contribution in [2.75, 3.05) is 17.6 Å². The Hall–Kier alpha value is -2.25. The number of nitrogen functional groups attached to an aromatic ring is 1. The predicted molar refractivity (Wildman–Crippen MR) is 110 cm³/mol. The molecule has 148 valence electrons. The topological polar surface area (TPSA) is 118 Å². The predicted octanol–water partition coefficient (Wildman–Crippen LogP) is 2.98. The number of hydrogen-bond donors (Lipinski definition) is 4. The van der Waals surface area contributed by atoms with Crippen molar-refractivity contribution in [1.82, 2.24) is 0 Å². The Balaban J connectivity index is 2.37. The molecule has 0 bridgehead atoms. The van der Waals surface area contributed by atoms with Gasteiger partial charge in [0, 0.05) is 5.69 Å². The van der Waals surface area contributed by atoms with Gasteiger partial charge in [-0.2, -0.15) is 0 Å². The highest BCUT2D eigenvalue weighted by Crippen LogP contribution is 2.32. The van der Waals surface area contributed by atoms with Crippen molar-refractivity contribution in [1.29, 1.82) is 0 Å². The zero-order chi connectivity index (χ0) is 20.2. The quantitative estimate of drug-likeness (QED) is 0.406. The normalized spacial score (nSPS) is 14.1. The van der Waals surface area contributed by atoms with Gasteiger partial charge in [0.15, 0.2) is 9.84 Å². The number of para-hydroxylation sites is 1. The lowest BCUT2D eigenvalue weighted by atomic mass is 10.00. The van der Waals surface area contributed by atoms with Gasteiger partial charge in [0.25, 0.3) is 0 Å². The zero-order valence-corrected chi connectivity index (χ0v) is 16.8. The fraction of sp³-hybridized carbons (Fsp3) is 0.400. The van der Waals surface area contributed by atoms with Crippen LogP contribution in [0, 0.1) is 11.8 Å². The van der Waals surface area contributed by atoms with Crippen molar-refractivity contribution >= 4 is 21.2 Å². The van der Waals surface area contributed by atoms with Crippen molar-refractivity contribution < 1.29 is 13.5 Å². The number of anilines is 2. The second-order valence-corrected chi connectivity index (χ2v) is 9.35. The highest BCUT2D eigenvalue weighted by molar-refractivity contribution is 7.92. The van der Waals surface area contributed by atoms with Gasteiger partial charge in [-0.15, -0.1) is 0 Å². The molecule has 0 amide bonds. The summed E-state index contributed by atoms with van der Waals surface area (Å²) in [5, 5.41) is 12.8. The van der Waals surface area contributed by atoms with Gasteiger partial charge in [-0.05, 0) is 60.7 Å². The van der Waals surface area contributed by atoms with Crippen molar-refractivity contribution in [2.24, 2.45) is 17.6 Å². The number of rotatable bonds is 8. The van der Waals surface area contributed by atoms with E-state index < -0.39 is 15.2 Å². The summed E-state index contributed by atoms with van der Waals surface area (Å²) >= 11 is 0. The summed E-state index contributed by atoms with van der Waals surface area (Å²) in [5.74, 6) is 0.0556. The van der Waals surface area contributed by atoms with Gasteiger partial charge < -0.3 is 21.9 Å². The molecule has 0 aromatic heterocycles. The molecule has 0 fully saturated rings. The SMILES string of the molecule is CC(C)[C@@H](Nc1cccc(C[C@@H](C)CN)c1O)S(=O)(=O)c1ccc(N)cc1. The molecule has 7 heteroatoms. The van der Waals surface area contributed by atoms with Crippen LogP contribution < -0.4 is 16.8 Å². The van der Waals surface area contributed by atoms with Crippen LogP contribution in [0.2, 0.25) is 0 Å². The highest BCUT2D eigenvalue weighted by Gasteiger charge is 2.31. The lowest BCUT2D eigenvalue weighted by Crippen LogP contribution is -2.34. The molecule has 2 atom stereocenters. The molecule has 0 aliphatic heterocycles. The maximum absolute atomic E-state index is 13.1. The van der Waals surface area contributed by atoms with E-state index in [0.29, 0.717) is 24.3 Å². The fourth-order valence-electron chi connectivity index (χ4n) is 2.89. The standard InChI is InChI=1S/C20H29N3O3S/c1-13(2)20(27(25,26)17-9-7-16(22)8-10-17)23-18-6-4-5-15(19(18)24)11-14(3)12-21/h4-10,13-14,20,23-24H,11-12,21-22H2,1-3H3/t14-,20+/m1/s1. The monoisotopic (exact) mass is 391 g/mol. The molecule has 0 saturated heterocycles. The average molecular weight is 392 g/mol. The number of nitrogens with one attached hydrogen (secondary N) is 1. The van der Waals surface area contributed by atoms with Gasteiger partial charge in [-0.3, -0.25) is 0 Å². The molecule has 6 nitrogen and oxygen atoms in total. The molecule has 6 N–H and O–H groups in total. The average Bonchev–Trinajstić information content (AvgIpc) is 2.62. The first kappa shape index (κ1) is 21.1. The van der Waals surface area contributed by atoms with Crippen LogP contribution in [0.1, 0.15) is 26.3 Å². The van der Waals surface area contributed by atoms with Gasteiger partial charge in [-0.25, -0.2) is 8.42 Å². The van der Waals surface area contributed by atoms with Gasteiger partial charge in [0.1, 0.15) is 11.1 Å². The molecule has 0 heterocycles. The molecule has 0 aliphatic carbocycles. The van der Waals surface area contributed by atoms with E-state index in [4.69, 9.17) is 11.5 Å². The van der Waals surface area contributed by atoms with E-state index in [-0.39, 0.29) is 22.5 Å². The number of phenols is 1. The fourth-order valence-corrected chi connectivity index (χ4v) is 4.70. The second-order valence-electron chi connectivity index (χ2n) is 7.28. The molecule has 2 rings (SSSR count). The first-order valence-electron chi connectivity index (χ1n) is 9.03. The smallest absolute Gasteiger partial charge is 0.199 e. The number of hydrogen-bond acceptors (Lipinski definition) is 6. The minimum atomic E-state index is -3.67. The summed E-state index contributed by atoms with van der Waals surface area (Å²) < 4.78 is 26.2. The van der Waals surface area contributed by atoms with E-state index in [9.17, 15) is 13.5 Å². The van der Waals surface area contributed by atoms with Crippen LogP contribution in [0.4, 0.5) is 11.4 Å². The molecule has 27 heavy (non-hydrogen) atoms. The van der Waals surface area contributed by atoms with Crippen LogP contribution in [-0.4, -0.2) is 25.4 Å². The highest BCUT2D eigenvalue weighted by atomic mass is 32.2. The summed E-state index contributed by atoms with van der Waals surface area (Å²) in [6.45, 7) is 6.16. The molecule has 0 aliphatic rings. The Morgan fingerprint density at radius 3 is 2.26 bits per heavy atom. The van der Waals surface area contributed by atoms with Crippen LogP contribution in [-0.2, 0) is 16.3 Å². The lowest BCUT2D eigenvalue weighted by Gasteiger charge is -2.25. The molecule has 2 aromatic carbocycles. The summed E-state index contributed by atoms with van der Waals surface area (Å²) in [6, 6.07) is 11.4. The minimum absolute atomic E-state index is 0.0657. The maximum atomic E-state index is 13.1. The van der Waals surface area contributed by atoms with Crippen LogP contribution >= 0.6 is 0 Å². The van der Waals surface area contributed by atoms with E-state index >= 15 is 0 Å². The molecular weight excluding hydrogens is 362 g/mol. The number of benzene rings is 2. The molecular formula is C20H29N3O3S. The molecule has 0 unspecified atom stereocenters. The zero-order valence-electron chi connectivity index (χ0n) is 16.0. The number of sulfone groups is 1. The Bertz CT molecular complexity index is 865. The summed E-state index contributed by atoms with van der Waals surface area (Å²) in [6.07, 6.45) is 0.620. The van der Waals surface area contributed by atoms with E-state index in [0.717, 1.165) is 5.56 Å². The Morgan fingerprint density at radius 2 is 1.70 bits per heavy atom. The van der Waals surface area contributed by atoms with Gasteiger partial charge >= 0.3 is 0 Å². The van der Waals surface area contributed by atoms with Crippen molar-refractivity contribution in [3.05, 3.63) is 48.0 Å². The van der Waals surface area contributed by atoms with Crippen molar-refractivity contribution in [3.8, 4) is 5.75 Å². The van der Waals surface area contributed by atoms with Crippen LogP contribution in [0.3, 0.4) is 0 Å². The largest absolute Gasteiger partial charge is 0.505 e. The summed E-state index contributed by atoms with van der Waals surface area (Å²) in [4.78, 5) is 0.190. The Labute approximate surface area is 161 Å². The second kappa shape index (κ2) is 8.63. The molecule has 0 radical (unpaired) electrons. The van der Waals surface area contributed by atoms with Crippen molar-refractivity contribution in [3.63, 3.8) is 0 Å². The van der Waals surface area contributed by atoms with E-state index in [2.05, 4.69) is 5.32 Å². The molecule has 0 saturated carbocycles. The third-order valence-corrected chi connectivity index (χ3v) is 6.80. The number of aromatic hydroxyl groups is 1. The minimum Gasteiger partial charge on any atom is -0.505 e. The molecule has 0 spiro atoms. The van der Waals surface area contributed by atoms with Crippen LogP contribution in [0.15, 0.2) is 47.4 Å². The molecule has 2 aromatic rings. The number of phenolic OH excluding ortho intramolecular Hbond substituents is 1.